The first-order valence-electron chi connectivity index (χ1n) is 4.66. The monoisotopic (exact) mass is 209 g/mol. The number of hydrogen-bond donors (Lipinski definition) is 2. The Balaban J connectivity index is 2.91. The Kier molecular flexibility index (Phi) is 3.68. The molecule has 0 aromatic heterocycles. The van der Waals surface area contributed by atoms with Crippen molar-refractivity contribution in [1.82, 2.24) is 0 Å². The van der Waals surface area contributed by atoms with Crippen molar-refractivity contribution in [3.8, 4) is 5.75 Å². The molecular weight excluding hydrogens is 194 g/mol. The van der Waals surface area contributed by atoms with Gasteiger partial charge in [0.2, 0.25) is 0 Å². The van der Waals surface area contributed by atoms with E-state index in [0.29, 0.717) is 5.75 Å². The second-order valence-electron chi connectivity index (χ2n) is 3.46. The number of aliphatic carboxylic acids is 1. The third-order valence-corrected chi connectivity index (χ3v) is 2.19. The molecule has 0 bridgehead atoms. The molecule has 1 aromatic carbocycles. The van der Waals surface area contributed by atoms with Crippen LogP contribution < -0.4 is 10.5 Å². The van der Waals surface area contributed by atoms with Crippen molar-refractivity contribution in [1.29, 1.82) is 0 Å². The Hall–Kier alpha value is -1.55. The summed E-state index contributed by atoms with van der Waals surface area (Å²) >= 11 is 0. The summed E-state index contributed by atoms with van der Waals surface area (Å²) < 4.78 is 5.13. The second-order valence-corrected chi connectivity index (χ2v) is 3.46. The standard InChI is InChI=1S/C11H15NO3/c1-7-3-4-10(15-2)8(5-7)6-9(12)11(13)14/h3-5,9H,6,12H2,1-2H3,(H,13,14)/t9-/m1/s1. The summed E-state index contributed by atoms with van der Waals surface area (Å²) in [7, 11) is 1.56. The number of benzene rings is 1. The van der Waals surface area contributed by atoms with E-state index in [2.05, 4.69) is 0 Å². The molecule has 0 fully saturated rings. The average Bonchev–Trinajstić information content (AvgIpc) is 2.18. The average molecular weight is 209 g/mol. The van der Waals surface area contributed by atoms with Crippen molar-refractivity contribution < 1.29 is 14.6 Å². The third kappa shape index (κ3) is 2.95. The summed E-state index contributed by atoms with van der Waals surface area (Å²) in [6.07, 6.45) is 0.278. The molecule has 0 heterocycles. The number of rotatable bonds is 4. The Bertz CT molecular complexity index is 363. The zero-order valence-corrected chi connectivity index (χ0v) is 8.86. The van der Waals surface area contributed by atoms with Crippen LogP contribution in [0.2, 0.25) is 0 Å². The summed E-state index contributed by atoms with van der Waals surface area (Å²) in [5.41, 5.74) is 7.35. The van der Waals surface area contributed by atoms with Crippen LogP contribution in [0.3, 0.4) is 0 Å². The van der Waals surface area contributed by atoms with Crippen LogP contribution in [0.1, 0.15) is 11.1 Å². The van der Waals surface area contributed by atoms with Gasteiger partial charge < -0.3 is 15.6 Å². The fourth-order valence-electron chi connectivity index (χ4n) is 1.39. The van der Waals surface area contributed by atoms with Gasteiger partial charge in [0, 0.05) is 6.42 Å². The number of methoxy groups -OCH3 is 1. The molecule has 15 heavy (non-hydrogen) atoms. The minimum Gasteiger partial charge on any atom is -0.496 e. The van der Waals surface area contributed by atoms with Crippen molar-refractivity contribution in [3.63, 3.8) is 0 Å². The van der Waals surface area contributed by atoms with E-state index in [-0.39, 0.29) is 6.42 Å². The van der Waals surface area contributed by atoms with Crippen molar-refractivity contribution in [2.45, 2.75) is 19.4 Å². The predicted molar refractivity (Wildman–Crippen MR) is 57.0 cm³/mol. The third-order valence-electron chi connectivity index (χ3n) is 2.19. The number of carbonyl (C=O) groups is 1. The molecule has 82 valence electrons. The van der Waals surface area contributed by atoms with Gasteiger partial charge in [-0.05, 0) is 18.6 Å². The molecule has 0 radical (unpaired) electrons. The van der Waals surface area contributed by atoms with Crippen LogP contribution in [0, 0.1) is 6.92 Å². The highest BCUT2D eigenvalue weighted by molar-refractivity contribution is 5.73. The van der Waals surface area contributed by atoms with Gasteiger partial charge in [0.05, 0.1) is 7.11 Å². The van der Waals surface area contributed by atoms with E-state index in [1.54, 1.807) is 7.11 Å². The first-order valence-corrected chi connectivity index (χ1v) is 4.66. The lowest BCUT2D eigenvalue weighted by molar-refractivity contribution is -0.138. The van der Waals surface area contributed by atoms with Gasteiger partial charge in [0.1, 0.15) is 11.8 Å². The van der Waals surface area contributed by atoms with E-state index >= 15 is 0 Å². The van der Waals surface area contributed by atoms with E-state index in [9.17, 15) is 4.79 Å². The van der Waals surface area contributed by atoms with Gasteiger partial charge >= 0.3 is 5.97 Å². The van der Waals surface area contributed by atoms with Gasteiger partial charge in [0.15, 0.2) is 0 Å². The lowest BCUT2D eigenvalue weighted by atomic mass is 10.0. The maximum Gasteiger partial charge on any atom is 0.320 e. The van der Waals surface area contributed by atoms with E-state index < -0.39 is 12.0 Å². The minimum atomic E-state index is -1.00. The molecule has 0 aliphatic carbocycles. The highest BCUT2D eigenvalue weighted by Gasteiger charge is 2.14. The minimum absolute atomic E-state index is 0.278. The van der Waals surface area contributed by atoms with Gasteiger partial charge in [0.25, 0.3) is 0 Å². The molecule has 0 saturated heterocycles. The molecular formula is C11H15NO3. The Morgan fingerprint density at radius 1 is 1.60 bits per heavy atom. The molecule has 0 aliphatic rings. The maximum atomic E-state index is 10.6. The number of ether oxygens (including phenoxy) is 1. The first-order chi connectivity index (χ1) is 7.04. The van der Waals surface area contributed by atoms with E-state index in [1.165, 1.54) is 0 Å². The van der Waals surface area contributed by atoms with Crippen molar-refractivity contribution >= 4 is 5.97 Å². The smallest absolute Gasteiger partial charge is 0.320 e. The summed E-state index contributed by atoms with van der Waals surface area (Å²) in [6.45, 7) is 1.94. The predicted octanol–water partition coefficient (Wildman–Crippen LogP) is 0.958. The van der Waals surface area contributed by atoms with Crippen LogP contribution in [-0.2, 0) is 11.2 Å². The quantitative estimate of drug-likeness (QED) is 0.774. The molecule has 1 aromatic rings. The summed E-state index contributed by atoms with van der Waals surface area (Å²) in [5, 5.41) is 8.71. The lowest BCUT2D eigenvalue weighted by Gasteiger charge is -2.11. The van der Waals surface area contributed by atoms with E-state index in [4.69, 9.17) is 15.6 Å². The zero-order valence-electron chi connectivity index (χ0n) is 8.86. The maximum absolute atomic E-state index is 10.6. The Labute approximate surface area is 88.7 Å². The van der Waals surface area contributed by atoms with Crippen LogP contribution >= 0.6 is 0 Å². The van der Waals surface area contributed by atoms with Crippen molar-refractivity contribution in [2.24, 2.45) is 5.73 Å². The van der Waals surface area contributed by atoms with Crippen LogP contribution in [0.4, 0.5) is 0 Å². The van der Waals surface area contributed by atoms with Gasteiger partial charge in [-0.3, -0.25) is 4.79 Å². The second kappa shape index (κ2) is 4.79. The van der Waals surface area contributed by atoms with Gasteiger partial charge in [-0.15, -0.1) is 0 Å². The van der Waals surface area contributed by atoms with E-state index in [0.717, 1.165) is 11.1 Å². The molecule has 4 heteroatoms. The Morgan fingerprint density at radius 3 is 2.80 bits per heavy atom. The Morgan fingerprint density at radius 2 is 2.27 bits per heavy atom. The molecule has 4 nitrogen and oxygen atoms in total. The lowest BCUT2D eigenvalue weighted by Crippen LogP contribution is -2.32. The molecule has 1 rings (SSSR count). The first kappa shape index (κ1) is 11.5. The van der Waals surface area contributed by atoms with Crippen LogP contribution in [0.15, 0.2) is 18.2 Å². The van der Waals surface area contributed by atoms with Crippen LogP contribution in [-0.4, -0.2) is 24.2 Å². The molecule has 0 aliphatic heterocycles. The number of carboxylic acids is 1. The van der Waals surface area contributed by atoms with Gasteiger partial charge in [-0.1, -0.05) is 17.7 Å². The van der Waals surface area contributed by atoms with Crippen molar-refractivity contribution in [3.05, 3.63) is 29.3 Å². The van der Waals surface area contributed by atoms with Crippen LogP contribution in [0.25, 0.3) is 0 Å². The van der Waals surface area contributed by atoms with Crippen LogP contribution in [0.5, 0.6) is 5.75 Å². The molecule has 0 unspecified atom stereocenters. The topological polar surface area (TPSA) is 72.5 Å². The number of nitrogens with two attached hydrogens (primary N) is 1. The zero-order chi connectivity index (χ0) is 11.4. The van der Waals surface area contributed by atoms with Gasteiger partial charge in [-0.25, -0.2) is 0 Å². The molecule has 0 spiro atoms. The molecule has 3 N–H and O–H groups in total. The summed E-state index contributed by atoms with van der Waals surface area (Å²) in [4.78, 5) is 10.6. The highest BCUT2D eigenvalue weighted by atomic mass is 16.5. The largest absolute Gasteiger partial charge is 0.496 e. The summed E-state index contributed by atoms with van der Waals surface area (Å²) in [5.74, 6) is -0.323. The summed E-state index contributed by atoms with van der Waals surface area (Å²) in [6, 6.07) is 4.73. The molecule has 1 atom stereocenters. The number of carboxylic acid groups (broad SMARTS) is 1. The fraction of sp³-hybridized carbons (Fsp3) is 0.364. The number of aryl methyl sites for hydroxylation is 1. The molecule has 0 amide bonds. The highest BCUT2D eigenvalue weighted by Crippen LogP contribution is 2.20. The fourth-order valence-corrected chi connectivity index (χ4v) is 1.39. The van der Waals surface area contributed by atoms with Gasteiger partial charge in [-0.2, -0.15) is 0 Å². The number of hydrogen-bond acceptors (Lipinski definition) is 3. The normalized spacial score (nSPS) is 12.2. The molecule has 0 saturated carbocycles. The van der Waals surface area contributed by atoms with Crippen molar-refractivity contribution in [2.75, 3.05) is 7.11 Å². The SMILES string of the molecule is COc1ccc(C)cc1C[C@@H](N)C(=O)O. The van der Waals surface area contributed by atoms with E-state index in [1.807, 2.05) is 25.1 Å².